The van der Waals surface area contributed by atoms with Gasteiger partial charge in [-0.1, -0.05) is 30.3 Å². The highest BCUT2D eigenvalue weighted by Crippen LogP contribution is 2.08. The zero-order chi connectivity index (χ0) is 13.6. The van der Waals surface area contributed by atoms with Crippen LogP contribution in [0.25, 0.3) is 0 Å². The SMILES string of the molecule is CS(=O)(=O)NCCNC(=O)[C@H](N)c1ccccc1. The lowest BCUT2D eigenvalue weighted by atomic mass is 10.1. The number of benzene rings is 1. The summed E-state index contributed by atoms with van der Waals surface area (Å²) >= 11 is 0. The molecule has 0 unspecified atom stereocenters. The Morgan fingerprint density at radius 3 is 2.44 bits per heavy atom. The van der Waals surface area contributed by atoms with Gasteiger partial charge in [0.05, 0.1) is 6.26 Å². The van der Waals surface area contributed by atoms with Crippen LogP contribution in [0.15, 0.2) is 30.3 Å². The lowest BCUT2D eigenvalue weighted by Gasteiger charge is -2.12. The Hall–Kier alpha value is -1.44. The Labute approximate surface area is 107 Å². The van der Waals surface area contributed by atoms with Crippen LogP contribution in [0.3, 0.4) is 0 Å². The first kappa shape index (κ1) is 14.6. The Morgan fingerprint density at radius 1 is 1.28 bits per heavy atom. The van der Waals surface area contributed by atoms with Crippen molar-refractivity contribution in [3.63, 3.8) is 0 Å². The summed E-state index contributed by atoms with van der Waals surface area (Å²) in [6.45, 7) is 0.346. The van der Waals surface area contributed by atoms with Gasteiger partial charge in [-0.3, -0.25) is 4.79 Å². The van der Waals surface area contributed by atoms with Gasteiger partial charge in [0, 0.05) is 13.1 Å². The van der Waals surface area contributed by atoms with Crippen LogP contribution in [-0.4, -0.2) is 33.7 Å². The molecule has 0 radical (unpaired) electrons. The van der Waals surface area contributed by atoms with Crippen LogP contribution in [0, 0.1) is 0 Å². The van der Waals surface area contributed by atoms with E-state index >= 15 is 0 Å². The van der Waals surface area contributed by atoms with Crippen LogP contribution >= 0.6 is 0 Å². The van der Waals surface area contributed by atoms with E-state index in [2.05, 4.69) is 10.0 Å². The van der Waals surface area contributed by atoms with Crippen LogP contribution in [0.1, 0.15) is 11.6 Å². The summed E-state index contributed by atoms with van der Waals surface area (Å²) in [6, 6.07) is 8.22. The molecule has 0 saturated heterocycles. The minimum absolute atomic E-state index is 0.145. The van der Waals surface area contributed by atoms with Gasteiger partial charge in [0.25, 0.3) is 0 Å². The van der Waals surface area contributed by atoms with Crippen molar-refractivity contribution in [2.24, 2.45) is 5.73 Å². The fraction of sp³-hybridized carbons (Fsp3) is 0.364. The zero-order valence-electron chi connectivity index (χ0n) is 10.1. The summed E-state index contributed by atoms with van der Waals surface area (Å²) in [5.74, 6) is -0.337. The number of sulfonamides is 1. The monoisotopic (exact) mass is 271 g/mol. The minimum atomic E-state index is -3.23. The first-order chi connectivity index (χ1) is 8.40. The summed E-state index contributed by atoms with van der Waals surface area (Å²) in [6.07, 6.45) is 1.06. The standard InChI is InChI=1S/C11H17N3O3S/c1-18(16,17)14-8-7-13-11(15)10(12)9-5-3-2-4-6-9/h2-6,10,14H,7-8,12H2,1H3,(H,13,15)/t10-/m1/s1. The number of carbonyl (C=O) groups is 1. The molecule has 0 saturated carbocycles. The van der Waals surface area contributed by atoms with Crippen LogP contribution < -0.4 is 15.8 Å². The van der Waals surface area contributed by atoms with E-state index in [4.69, 9.17) is 5.73 Å². The number of hydrogen-bond donors (Lipinski definition) is 3. The third kappa shape index (κ3) is 5.26. The predicted octanol–water partition coefficient (Wildman–Crippen LogP) is -0.648. The van der Waals surface area contributed by atoms with Crippen LogP contribution in [0.2, 0.25) is 0 Å². The Balaban J connectivity index is 2.38. The van der Waals surface area contributed by atoms with Gasteiger partial charge in [0.1, 0.15) is 6.04 Å². The second kappa shape index (κ2) is 6.48. The van der Waals surface area contributed by atoms with Gasteiger partial charge in [-0.15, -0.1) is 0 Å². The van der Waals surface area contributed by atoms with Gasteiger partial charge in [-0.05, 0) is 5.56 Å². The van der Waals surface area contributed by atoms with Gasteiger partial charge < -0.3 is 11.1 Å². The molecule has 0 aromatic heterocycles. The molecule has 1 amide bonds. The second-order valence-electron chi connectivity index (χ2n) is 3.85. The van der Waals surface area contributed by atoms with E-state index in [1.54, 1.807) is 24.3 Å². The van der Waals surface area contributed by atoms with Crippen molar-refractivity contribution in [3.05, 3.63) is 35.9 Å². The molecule has 0 fully saturated rings. The van der Waals surface area contributed by atoms with Gasteiger partial charge in [-0.2, -0.15) is 0 Å². The molecule has 1 aromatic carbocycles. The molecule has 0 aliphatic carbocycles. The third-order valence-electron chi connectivity index (χ3n) is 2.23. The van der Waals surface area contributed by atoms with E-state index in [0.29, 0.717) is 5.56 Å². The Morgan fingerprint density at radius 2 is 1.89 bits per heavy atom. The van der Waals surface area contributed by atoms with Crippen molar-refractivity contribution in [1.29, 1.82) is 0 Å². The molecule has 100 valence electrons. The topological polar surface area (TPSA) is 101 Å². The number of rotatable bonds is 6. The molecular weight excluding hydrogens is 254 g/mol. The molecule has 4 N–H and O–H groups in total. The van der Waals surface area contributed by atoms with Crippen LogP contribution in [0.4, 0.5) is 0 Å². The highest BCUT2D eigenvalue weighted by atomic mass is 32.2. The largest absolute Gasteiger partial charge is 0.353 e. The molecule has 0 heterocycles. The molecule has 18 heavy (non-hydrogen) atoms. The van der Waals surface area contributed by atoms with Crippen molar-refractivity contribution in [1.82, 2.24) is 10.0 Å². The number of hydrogen-bond acceptors (Lipinski definition) is 4. The predicted molar refractivity (Wildman–Crippen MR) is 69.2 cm³/mol. The zero-order valence-corrected chi connectivity index (χ0v) is 10.9. The Bertz CT molecular complexity index is 488. The van der Waals surface area contributed by atoms with E-state index in [-0.39, 0.29) is 19.0 Å². The maximum atomic E-state index is 11.7. The van der Waals surface area contributed by atoms with Gasteiger partial charge >= 0.3 is 0 Å². The molecule has 1 atom stereocenters. The van der Waals surface area contributed by atoms with E-state index in [1.165, 1.54) is 0 Å². The number of carbonyl (C=O) groups excluding carboxylic acids is 1. The summed E-state index contributed by atoms with van der Waals surface area (Å²) in [4.78, 5) is 11.7. The van der Waals surface area contributed by atoms with Gasteiger partial charge in [-0.25, -0.2) is 13.1 Å². The van der Waals surface area contributed by atoms with E-state index in [0.717, 1.165) is 6.26 Å². The van der Waals surface area contributed by atoms with E-state index in [1.807, 2.05) is 6.07 Å². The molecular formula is C11H17N3O3S. The molecule has 1 rings (SSSR count). The summed E-state index contributed by atoms with van der Waals surface area (Å²) in [7, 11) is -3.23. The first-order valence-corrected chi connectivity index (χ1v) is 7.32. The highest BCUT2D eigenvalue weighted by molar-refractivity contribution is 7.88. The number of nitrogens with two attached hydrogens (primary N) is 1. The summed E-state index contributed by atoms with van der Waals surface area (Å²) in [5, 5.41) is 2.56. The second-order valence-corrected chi connectivity index (χ2v) is 5.68. The molecule has 0 aliphatic heterocycles. The molecule has 0 aliphatic rings. The molecule has 0 bridgehead atoms. The fourth-order valence-electron chi connectivity index (χ4n) is 1.34. The first-order valence-electron chi connectivity index (χ1n) is 5.43. The lowest BCUT2D eigenvalue weighted by molar-refractivity contribution is -0.122. The van der Waals surface area contributed by atoms with Crippen molar-refractivity contribution in [2.75, 3.05) is 19.3 Å². The summed E-state index contributed by atoms with van der Waals surface area (Å²) in [5.41, 5.74) is 6.47. The number of nitrogens with one attached hydrogen (secondary N) is 2. The van der Waals surface area contributed by atoms with Gasteiger partial charge in [0.15, 0.2) is 0 Å². The van der Waals surface area contributed by atoms with Crippen molar-refractivity contribution in [2.45, 2.75) is 6.04 Å². The maximum absolute atomic E-state index is 11.7. The van der Waals surface area contributed by atoms with E-state index < -0.39 is 16.1 Å². The average Bonchev–Trinajstić information content (AvgIpc) is 2.33. The maximum Gasteiger partial charge on any atom is 0.241 e. The molecule has 6 nitrogen and oxygen atoms in total. The summed E-state index contributed by atoms with van der Waals surface area (Å²) < 4.78 is 23.8. The smallest absolute Gasteiger partial charge is 0.241 e. The average molecular weight is 271 g/mol. The Kier molecular flexibility index (Phi) is 5.26. The number of amides is 1. The lowest BCUT2D eigenvalue weighted by Crippen LogP contribution is -2.39. The fourth-order valence-corrected chi connectivity index (χ4v) is 1.82. The van der Waals surface area contributed by atoms with Gasteiger partial charge in [0.2, 0.25) is 15.9 Å². The molecule has 0 spiro atoms. The van der Waals surface area contributed by atoms with Crippen LogP contribution in [-0.2, 0) is 14.8 Å². The van der Waals surface area contributed by atoms with Crippen molar-refractivity contribution >= 4 is 15.9 Å². The molecule has 1 aromatic rings. The third-order valence-corrected chi connectivity index (χ3v) is 2.96. The minimum Gasteiger partial charge on any atom is -0.353 e. The molecule has 7 heteroatoms. The quantitative estimate of drug-likeness (QED) is 0.598. The normalized spacial score (nSPS) is 13.0. The van der Waals surface area contributed by atoms with Crippen molar-refractivity contribution in [3.8, 4) is 0 Å². The highest BCUT2D eigenvalue weighted by Gasteiger charge is 2.14. The van der Waals surface area contributed by atoms with Crippen molar-refractivity contribution < 1.29 is 13.2 Å². The van der Waals surface area contributed by atoms with E-state index in [9.17, 15) is 13.2 Å². The van der Waals surface area contributed by atoms with Crippen LogP contribution in [0.5, 0.6) is 0 Å².